The SMILES string of the molecule is COc1ccc(-c2ccc(C(=O)N3CCCC(CSC)C3)c(=O)[nH]2)cc1. The molecule has 138 valence electrons. The molecule has 2 aromatic rings. The molecular formula is C20H24N2O3S. The first kappa shape index (κ1) is 18.6. The number of benzene rings is 1. The molecule has 1 aromatic carbocycles. The molecule has 1 aliphatic rings. The van der Waals surface area contributed by atoms with Gasteiger partial charge in [0.15, 0.2) is 0 Å². The summed E-state index contributed by atoms with van der Waals surface area (Å²) in [6.45, 7) is 1.46. The van der Waals surface area contributed by atoms with Crippen molar-refractivity contribution < 1.29 is 9.53 Å². The molecule has 1 unspecified atom stereocenters. The van der Waals surface area contributed by atoms with Gasteiger partial charge in [-0.1, -0.05) is 0 Å². The van der Waals surface area contributed by atoms with Gasteiger partial charge >= 0.3 is 0 Å². The Morgan fingerprint density at radius 3 is 2.69 bits per heavy atom. The molecule has 1 aromatic heterocycles. The molecule has 1 aliphatic heterocycles. The predicted molar refractivity (Wildman–Crippen MR) is 106 cm³/mol. The van der Waals surface area contributed by atoms with Crippen LogP contribution in [0, 0.1) is 5.92 Å². The fourth-order valence-corrected chi connectivity index (χ4v) is 4.12. The second kappa shape index (κ2) is 8.45. The molecule has 26 heavy (non-hydrogen) atoms. The molecule has 2 heterocycles. The molecule has 0 bridgehead atoms. The van der Waals surface area contributed by atoms with Gasteiger partial charge in [0.05, 0.1) is 7.11 Å². The van der Waals surface area contributed by atoms with Crippen LogP contribution in [0.2, 0.25) is 0 Å². The highest BCUT2D eigenvalue weighted by atomic mass is 32.2. The maximum atomic E-state index is 12.8. The third kappa shape index (κ3) is 4.12. The number of H-pyrrole nitrogens is 1. The third-order valence-electron chi connectivity index (χ3n) is 4.75. The molecule has 0 saturated carbocycles. The summed E-state index contributed by atoms with van der Waals surface area (Å²) < 4.78 is 5.15. The van der Waals surface area contributed by atoms with Gasteiger partial charge in [-0.2, -0.15) is 11.8 Å². The van der Waals surface area contributed by atoms with Crippen molar-refractivity contribution in [3.05, 3.63) is 52.3 Å². The number of methoxy groups -OCH3 is 1. The fraction of sp³-hybridized carbons (Fsp3) is 0.400. The highest BCUT2D eigenvalue weighted by molar-refractivity contribution is 7.98. The normalized spacial score (nSPS) is 17.2. The van der Waals surface area contributed by atoms with E-state index in [-0.39, 0.29) is 17.0 Å². The van der Waals surface area contributed by atoms with Crippen LogP contribution in [-0.2, 0) is 0 Å². The molecule has 1 saturated heterocycles. The number of piperidine rings is 1. The fourth-order valence-electron chi connectivity index (χ4n) is 3.37. The van der Waals surface area contributed by atoms with Crippen LogP contribution in [0.3, 0.4) is 0 Å². The molecule has 3 rings (SSSR count). The van der Waals surface area contributed by atoms with E-state index >= 15 is 0 Å². The Kier molecular flexibility index (Phi) is 6.04. The second-order valence-electron chi connectivity index (χ2n) is 6.56. The van der Waals surface area contributed by atoms with Gasteiger partial charge in [0.1, 0.15) is 11.3 Å². The molecule has 5 nitrogen and oxygen atoms in total. The van der Waals surface area contributed by atoms with Crippen molar-refractivity contribution in [3.8, 4) is 17.0 Å². The molecule has 0 radical (unpaired) electrons. The molecule has 6 heteroatoms. The Hall–Kier alpha value is -2.21. The zero-order chi connectivity index (χ0) is 18.5. The average Bonchev–Trinajstić information content (AvgIpc) is 2.68. The molecule has 0 spiro atoms. The number of thioether (sulfide) groups is 1. The number of hydrogen-bond donors (Lipinski definition) is 1. The van der Waals surface area contributed by atoms with Crippen molar-refractivity contribution >= 4 is 17.7 Å². The number of aromatic amines is 1. The summed E-state index contributed by atoms with van der Waals surface area (Å²) in [6.07, 6.45) is 4.24. The maximum Gasteiger partial charge on any atom is 0.261 e. The summed E-state index contributed by atoms with van der Waals surface area (Å²) >= 11 is 1.81. The minimum atomic E-state index is -0.338. The van der Waals surface area contributed by atoms with Gasteiger partial charge in [-0.15, -0.1) is 0 Å². The topological polar surface area (TPSA) is 62.4 Å². The number of nitrogens with one attached hydrogen (secondary N) is 1. The zero-order valence-electron chi connectivity index (χ0n) is 15.2. The smallest absolute Gasteiger partial charge is 0.261 e. The van der Waals surface area contributed by atoms with Crippen molar-refractivity contribution in [1.82, 2.24) is 9.88 Å². The van der Waals surface area contributed by atoms with E-state index in [0.717, 1.165) is 43.0 Å². The van der Waals surface area contributed by atoms with Crippen LogP contribution in [0.1, 0.15) is 23.2 Å². The van der Waals surface area contributed by atoms with Crippen molar-refractivity contribution in [3.63, 3.8) is 0 Å². The molecule has 1 amide bonds. The monoisotopic (exact) mass is 372 g/mol. The lowest BCUT2D eigenvalue weighted by Crippen LogP contribution is -2.42. The minimum Gasteiger partial charge on any atom is -0.497 e. The van der Waals surface area contributed by atoms with Crippen LogP contribution in [0.4, 0.5) is 0 Å². The van der Waals surface area contributed by atoms with E-state index in [9.17, 15) is 9.59 Å². The van der Waals surface area contributed by atoms with E-state index in [1.54, 1.807) is 19.2 Å². The molecule has 1 N–H and O–H groups in total. The van der Waals surface area contributed by atoms with E-state index in [1.807, 2.05) is 40.9 Å². The summed E-state index contributed by atoms with van der Waals surface area (Å²) in [5.41, 5.74) is 1.44. The minimum absolute atomic E-state index is 0.168. The Bertz CT molecular complexity index is 815. The number of carbonyl (C=O) groups is 1. The van der Waals surface area contributed by atoms with Crippen LogP contribution in [0.25, 0.3) is 11.3 Å². The first-order valence-corrected chi connectivity index (χ1v) is 10.2. The van der Waals surface area contributed by atoms with Crippen molar-refractivity contribution in [1.29, 1.82) is 0 Å². The number of likely N-dealkylation sites (tertiary alicyclic amines) is 1. The van der Waals surface area contributed by atoms with Crippen LogP contribution < -0.4 is 10.3 Å². The highest BCUT2D eigenvalue weighted by Gasteiger charge is 2.25. The summed E-state index contributed by atoms with van der Waals surface area (Å²) in [5.74, 6) is 2.16. The van der Waals surface area contributed by atoms with Crippen LogP contribution in [0.5, 0.6) is 5.75 Å². The van der Waals surface area contributed by atoms with Gasteiger partial charge in [0.25, 0.3) is 11.5 Å². The number of pyridine rings is 1. The Balaban J connectivity index is 1.78. The summed E-state index contributed by atoms with van der Waals surface area (Å²) in [7, 11) is 1.61. The molecule has 1 fully saturated rings. The highest BCUT2D eigenvalue weighted by Crippen LogP contribution is 2.22. The van der Waals surface area contributed by atoms with Gasteiger partial charge in [0.2, 0.25) is 0 Å². The number of rotatable bonds is 5. The maximum absolute atomic E-state index is 12.8. The number of aromatic nitrogens is 1. The van der Waals surface area contributed by atoms with Gasteiger partial charge in [0, 0.05) is 18.8 Å². The number of nitrogens with zero attached hydrogens (tertiary/aromatic N) is 1. The standard InChI is InChI=1S/C20H24N2O3S/c1-25-16-7-5-15(6-8-16)18-10-9-17(19(23)21-18)20(24)22-11-3-4-14(12-22)13-26-2/h5-10,14H,3-4,11-13H2,1-2H3,(H,21,23). The van der Waals surface area contributed by atoms with Crippen LogP contribution >= 0.6 is 11.8 Å². The van der Waals surface area contributed by atoms with Gasteiger partial charge in [-0.25, -0.2) is 0 Å². The lowest BCUT2D eigenvalue weighted by atomic mass is 9.99. The number of carbonyl (C=O) groups excluding carboxylic acids is 1. The number of amides is 1. The Morgan fingerprint density at radius 1 is 1.27 bits per heavy atom. The van der Waals surface area contributed by atoms with Crippen molar-refractivity contribution in [2.75, 3.05) is 32.2 Å². The lowest BCUT2D eigenvalue weighted by molar-refractivity contribution is 0.0683. The molecule has 1 atom stereocenters. The predicted octanol–water partition coefficient (Wildman–Crippen LogP) is 3.27. The Morgan fingerprint density at radius 2 is 2.04 bits per heavy atom. The zero-order valence-corrected chi connectivity index (χ0v) is 16.0. The molecule has 0 aliphatic carbocycles. The van der Waals surface area contributed by atoms with Gasteiger partial charge in [-0.05, 0) is 72.7 Å². The second-order valence-corrected chi connectivity index (χ2v) is 7.47. The first-order valence-electron chi connectivity index (χ1n) is 8.78. The van der Waals surface area contributed by atoms with Crippen molar-refractivity contribution in [2.45, 2.75) is 12.8 Å². The first-order chi connectivity index (χ1) is 12.6. The van der Waals surface area contributed by atoms with E-state index in [1.165, 1.54) is 0 Å². The summed E-state index contributed by atoms with van der Waals surface area (Å²) in [5, 5.41) is 0. The van der Waals surface area contributed by atoms with Crippen LogP contribution in [0.15, 0.2) is 41.2 Å². The van der Waals surface area contributed by atoms with E-state index in [0.29, 0.717) is 11.6 Å². The van der Waals surface area contributed by atoms with E-state index in [4.69, 9.17) is 4.74 Å². The number of ether oxygens (including phenoxy) is 1. The van der Waals surface area contributed by atoms with E-state index in [2.05, 4.69) is 11.2 Å². The van der Waals surface area contributed by atoms with Gasteiger partial charge in [-0.3, -0.25) is 9.59 Å². The molecular weight excluding hydrogens is 348 g/mol. The quantitative estimate of drug-likeness (QED) is 0.875. The Labute approximate surface area is 157 Å². The average molecular weight is 372 g/mol. The van der Waals surface area contributed by atoms with Gasteiger partial charge < -0.3 is 14.6 Å². The summed E-state index contributed by atoms with van der Waals surface area (Å²) in [4.78, 5) is 29.9. The van der Waals surface area contributed by atoms with Crippen LogP contribution in [-0.4, -0.2) is 48.0 Å². The third-order valence-corrected chi connectivity index (χ3v) is 5.55. The van der Waals surface area contributed by atoms with Crippen molar-refractivity contribution in [2.24, 2.45) is 5.92 Å². The lowest BCUT2D eigenvalue weighted by Gasteiger charge is -2.32. The number of hydrogen-bond acceptors (Lipinski definition) is 4. The van der Waals surface area contributed by atoms with E-state index < -0.39 is 0 Å². The largest absolute Gasteiger partial charge is 0.497 e. The summed E-state index contributed by atoms with van der Waals surface area (Å²) in [6, 6.07) is 10.9.